The zero-order valence-corrected chi connectivity index (χ0v) is 8.16. The number of rotatable bonds is 0. The van der Waals surface area contributed by atoms with Crippen molar-refractivity contribution in [2.45, 2.75) is 0 Å². The Labute approximate surface area is 87.5 Å². The molecular formula is C8H3Cl2FN2O. The molecule has 0 saturated heterocycles. The highest BCUT2D eigenvalue weighted by Crippen LogP contribution is 2.19. The molecule has 1 aromatic heterocycles. The summed E-state index contributed by atoms with van der Waals surface area (Å²) >= 11 is 11.0. The van der Waals surface area contributed by atoms with E-state index < -0.39 is 11.2 Å². The summed E-state index contributed by atoms with van der Waals surface area (Å²) in [6.07, 6.45) is 0. The van der Waals surface area contributed by atoms with Gasteiger partial charge in [0.15, 0.2) is 5.15 Å². The molecule has 1 aromatic carbocycles. The van der Waals surface area contributed by atoms with Crippen LogP contribution in [0, 0.1) is 5.82 Å². The third kappa shape index (κ3) is 1.36. The highest BCUT2D eigenvalue weighted by molar-refractivity contribution is 6.32. The van der Waals surface area contributed by atoms with E-state index in [0.29, 0.717) is 0 Å². The smallest absolute Gasteiger partial charge is 0.226 e. The fourth-order valence-corrected chi connectivity index (χ4v) is 1.41. The van der Waals surface area contributed by atoms with Gasteiger partial charge in [0, 0.05) is 6.07 Å². The molecule has 2 rings (SSSR count). The third-order valence-corrected chi connectivity index (χ3v) is 2.31. The number of nitrogens with one attached hydrogen (secondary N) is 1. The molecule has 0 unspecified atom stereocenters. The standard InChI is InChI=1S/C8H3Cl2FN2O/c9-4-1-3-6(2-5(4)11)12-13-8(10)7(3)14/h1-2H,(H,12,14). The van der Waals surface area contributed by atoms with Crippen LogP contribution >= 0.6 is 23.2 Å². The van der Waals surface area contributed by atoms with Gasteiger partial charge in [0.05, 0.1) is 15.9 Å². The Kier molecular flexibility index (Phi) is 2.17. The summed E-state index contributed by atoms with van der Waals surface area (Å²) in [6.45, 7) is 0. The van der Waals surface area contributed by atoms with E-state index in [9.17, 15) is 9.18 Å². The molecule has 0 bridgehead atoms. The number of halogens is 3. The van der Waals surface area contributed by atoms with E-state index in [1.165, 1.54) is 6.07 Å². The molecule has 72 valence electrons. The van der Waals surface area contributed by atoms with Crippen LogP contribution < -0.4 is 5.43 Å². The van der Waals surface area contributed by atoms with E-state index in [-0.39, 0.29) is 21.1 Å². The lowest BCUT2D eigenvalue weighted by Crippen LogP contribution is -2.06. The second kappa shape index (κ2) is 3.22. The first-order valence-corrected chi connectivity index (χ1v) is 4.38. The Hall–Kier alpha value is -1.13. The predicted octanol–water partition coefficient (Wildman–Crippen LogP) is 2.37. The first-order valence-electron chi connectivity index (χ1n) is 3.62. The average molecular weight is 233 g/mol. The van der Waals surface area contributed by atoms with Gasteiger partial charge >= 0.3 is 0 Å². The van der Waals surface area contributed by atoms with E-state index >= 15 is 0 Å². The summed E-state index contributed by atoms with van der Waals surface area (Å²) in [5, 5.41) is 5.85. The molecule has 1 N–H and O–H groups in total. The zero-order chi connectivity index (χ0) is 10.3. The molecule has 0 aliphatic carbocycles. The van der Waals surface area contributed by atoms with E-state index in [2.05, 4.69) is 10.2 Å². The Balaban J connectivity index is 2.97. The minimum absolute atomic E-state index is 0.120. The molecule has 0 aliphatic heterocycles. The van der Waals surface area contributed by atoms with Crippen molar-refractivity contribution in [3.05, 3.63) is 38.3 Å². The second-order valence-corrected chi connectivity index (χ2v) is 3.42. The lowest BCUT2D eigenvalue weighted by molar-refractivity contribution is 0.629. The number of benzene rings is 1. The second-order valence-electron chi connectivity index (χ2n) is 2.66. The average Bonchev–Trinajstić information content (AvgIpc) is 2.15. The summed E-state index contributed by atoms with van der Waals surface area (Å²) in [5.41, 5.74) is -0.205. The van der Waals surface area contributed by atoms with Crippen molar-refractivity contribution in [2.75, 3.05) is 0 Å². The van der Waals surface area contributed by atoms with Crippen molar-refractivity contribution in [2.24, 2.45) is 0 Å². The van der Waals surface area contributed by atoms with Crippen LogP contribution in [-0.4, -0.2) is 10.2 Å². The van der Waals surface area contributed by atoms with Gasteiger partial charge in [-0.15, -0.1) is 0 Å². The summed E-state index contributed by atoms with van der Waals surface area (Å²) in [4.78, 5) is 11.4. The van der Waals surface area contributed by atoms with Gasteiger partial charge in [0.2, 0.25) is 5.43 Å². The van der Waals surface area contributed by atoms with Crippen LogP contribution in [0.3, 0.4) is 0 Å². The maximum Gasteiger partial charge on any atom is 0.226 e. The van der Waals surface area contributed by atoms with Crippen LogP contribution in [0.15, 0.2) is 16.9 Å². The van der Waals surface area contributed by atoms with Gasteiger partial charge in [-0.2, -0.15) is 5.10 Å². The third-order valence-electron chi connectivity index (χ3n) is 1.77. The minimum atomic E-state index is -0.612. The zero-order valence-electron chi connectivity index (χ0n) is 6.64. The molecule has 3 nitrogen and oxygen atoms in total. The normalized spacial score (nSPS) is 10.8. The van der Waals surface area contributed by atoms with Crippen LogP contribution in [0.5, 0.6) is 0 Å². The van der Waals surface area contributed by atoms with E-state index in [1.54, 1.807) is 0 Å². The summed E-state index contributed by atoms with van der Waals surface area (Å²) in [7, 11) is 0. The van der Waals surface area contributed by atoms with Gasteiger partial charge in [-0.25, -0.2) is 4.39 Å². The molecule has 1 heterocycles. The highest BCUT2D eigenvalue weighted by atomic mass is 35.5. The molecular weight excluding hydrogens is 230 g/mol. The van der Waals surface area contributed by atoms with E-state index in [1.807, 2.05) is 0 Å². The van der Waals surface area contributed by atoms with Crippen molar-refractivity contribution in [1.29, 1.82) is 0 Å². The maximum absolute atomic E-state index is 13.0. The van der Waals surface area contributed by atoms with Crippen molar-refractivity contribution in [3.8, 4) is 0 Å². The SMILES string of the molecule is O=c1c(Cl)n[nH]c2cc(F)c(Cl)cc12. The molecule has 14 heavy (non-hydrogen) atoms. The first-order chi connectivity index (χ1) is 6.59. The molecule has 0 fully saturated rings. The maximum atomic E-state index is 13.0. The number of aromatic amines is 1. The quantitative estimate of drug-likeness (QED) is 0.759. The lowest BCUT2D eigenvalue weighted by atomic mass is 10.2. The number of aromatic nitrogens is 2. The van der Waals surface area contributed by atoms with Crippen LogP contribution in [0.25, 0.3) is 10.9 Å². The molecule has 6 heteroatoms. The fraction of sp³-hybridized carbons (Fsp3) is 0. The topological polar surface area (TPSA) is 45.8 Å². The number of H-pyrrole nitrogens is 1. The minimum Gasteiger partial charge on any atom is -0.286 e. The molecule has 0 spiro atoms. The predicted molar refractivity (Wildman–Crippen MR) is 52.3 cm³/mol. The molecule has 2 aromatic rings. The summed E-state index contributed by atoms with van der Waals surface area (Å²) in [6, 6.07) is 2.32. The molecule has 0 saturated carbocycles. The highest BCUT2D eigenvalue weighted by Gasteiger charge is 2.08. The van der Waals surface area contributed by atoms with Gasteiger partial charge in [-0.05, 0) is 6.07 Å². The van der Waals surface area contributed by atoms with Crippen molar-refractivity contribution < 1.29 is 4.39 Å². The van der Waals surface area contributed by atoms with Gasteiger partial charge in [0.25, 0.3) is 0 Å². The number of fused-ring (bicyclic) bond motifs is 1. The van der Waals surface area contributed by atoms with Crippen LogP contribution in [0.4, 0.5) is 4.39 Å². The number of hydrogen-bond acceptors (Lipinski definition) is 2. The number of nitrogens with zero attached hydrogens (tertiary/aromatic N) is 1. The molecule has 0 aliphatic rings. The lowest BCUT2D eigenvalue weighted by Gasteiger charge is -1.99. The van der Waals surface area contributed by atoms with Gasteiger partial charge < -0.3 is 0 Å². The van der Waals surface area contributed by atoms with Crippen molar-refractivity contribution in [1.82, 2.24) is 10.2 Å². The summed E-state index contributed by atoms with van der Waals surface area (Å²) in [5.74, 6) is -0.612. The van der Waals surface area contributed by atoms with Gasteiger partial charge in [0.1, 0.15) is 5.82 Å². The van der Waals surface area contributed by atoms with Crippen molar-refractivity contribution in [3.63, 3.8) is 0 Å². The fourth-order valence-electron chi connectivity index (χ4n) is 1.10. The van der Waals surface area contributed by atoms with Crippen LogP contribution in [0.2, 0.25) is 10.2 Å². The molecule has 0 atom stereocenters. The van der Waals surface area contributed by atoms with Gasteiger partial charge in [-0.1, -0.05) is 23.2 Å². The Morgan fingerprint density at radius 1 is 1.36 bits per heavy atom. The monoisotopic (exact) mass is 232 g/mol. The Bertz CT molecular complexity index is 567. The van der Waals surface area contributed by atoms with Gasteiger partial charge in [-0.3, -0.25) is 9.89 Å². The molecule has 0 amide bonds. The van der Waals surface area contributed by atoms with Crippen LogP contribution in [-0.2, 0) is 0 Å². The molecule has 0 radical (unpaired) electrons. The Morgan fingerprint density at radius 3 is 2.79 bits per heavy atom. The Morgan fingerprint density at radius 2 is 2.07 bits per heavy atom. The van der Waals surface area contributed by atoms with E-state index in [0.717, 1.165) is 6.07 Å². The van der Waals surface area contributed by atoms with E-state index in [4.69, 9.17) is 23.2 Å². The largest absolute Gasteiger partial charge is 0.286 e. The van der Waals surface area contributed by atoms with Crippen molar-refractivity contribution >= 4 is 34.1 Å². The number of hydrogen-bond donors (Lipinski definition) is 1. The van der Waals surface area contributed by atoms with Crippen LogP contribution in [0.1, 0.15) is 0 Å². The first kappa shape index (κ1) is 9.43. The summed E-state index contributed by atoms with van der Waals surface area (Å²) < 4.78 is 13.0.